The van der Waals surface area contributed by atoms with E-state index in [1.54, 1.807) is 11.3 Å². The second kappa shape index (κ2) is 9.53. The SMILES string of the molecule is CCNC(=NCCc1ccc(Cl)nc1)N(C)CCc1cccs1. The largest absolute Gasteiger partial charge is 0.357 e. The molecule has 2 rings (SSSR count). The Bertz CT molecular complexity index is 596. The van der Waals surface area contributed by atoms with Gasteiger partial charge in [-0.3, -0.25) is 4.99 Å². The monoisotopic (exact) mass is 350 g/mol. The van der Waals surface area contributed by atoms with Crippen molar-refractivity contribution in [1.29, 1.82) is 0 Å². The predicted octanol–water partition coefficient (Wildman–Crippen LogP) is 3.48. The van der Waals surface area contributed by atoms with Crippen LogP contribution < -0.4 is 5.32 Å². The van der Waals surface area contributed by atoms with Gasteiger partial charge in [-0.25, -0.2) is 4.98 Å². The summed E-state index contributed by atoms with van der Waals surface area (Å²) >= 11 is 7.60. The Morgan fingerprint density at radius 2 is 2.22 bits per heavy atom. The van der Waals surface area contributed by atoms with Crippen LogP contribution in [0, 0.1) is 0 Å². The Morgan fingerprint density at radius 1 is 1.35 bits per heavy atom. The number of likely N-dealkylation sites (N-methyl/N-ethyl adjacent to an activating group) is 1. The van der Waals surface area contributed by atoms with Gasteiger partial charge in [0.05, 0.1) is 0 Å². The molecule has 0 atom stereocenters. The Hall–Kier alpha value is -1.59. The maximum absolute atomic E-state index is 5.80. The van der Waals surface area contributed by atoms with E-state index in [-0.39, 0.29) is 0 Å². The molecule has 0 unspecified atom stereocenters. The number of hydrogen-bond acceptors (Lipinski definition) is 3. The zero-order valence-electron chi connectivity index (χ0n) is 13.6. The Morgan fingerprint density at radius 3 is 2.87 bits per heavy atom. The van der Waals surface area contributed by atoms with Crippen LogP contribution in [0.2, 0.25) is 5.15 Å². The first-order valence-electron chi connectivity index (χ1n) is 7.81. The van der Waals surface area contributed by atoms with E-state index in [1.807, 2.05) is 18.3 Å². The summed E-state index contributed by atoms with van der Waals surface area (Å²) in [5.41, 5.74) is 1.15. The van der Waals surface area contributed by atoms with Gasteiger partial charge in [-0.1, -0.05) is 23.7 Å². The van der Waals surface area contributed by atoms with Crippen molar-refractivity contribution in [2.24, 2.45) is 4.99 Å². The third-order valence-electron chi connectivity index (χ3n) is 3.42. The molecule has 0 fully saturated rings. The minimum Gasteiger partial charge on any atom is -0.357 e. The normalized spacial score (nSPS) is 11.5. The second-order valence-electron chi connectivity index (χ2n) is 5.23. The van der Waals surface area contributed by atoms with Crippen molar-refractivity contribution in [3.63, 3.8) is 0 Å². The number of pyridine rings is 1. The predicted molar refractivity (Wildman–Crippen MR) is 99.6 cm³/mol. The van der Waals surface area contributed by atoms with E-state index >= 15 is 0 Å². The third-order valence-corrected chi connectivity index (χ3v) is 4.58. The van der Waals surface area contributed by atoms with Crippen molar-refractivity contribution in [3.8, 4) is 0 Å². The van der Waals surface area contributed by atoms with Crippen molar-refractivity contribution in [2.45, 2.75) is 19.8 Å². The first-order valence-corrected chi connectivity index (χ1v) is 9.07. The topological polar surface area (TPSA) is 40.5 Å². The highest BCUT2D eigenvalue weighted by molar-refractivity contribution is 7.09. The molecule has 0 aromatic carbocycles. The minimum atomic E-state index is 0.527. The summed E-state index contributed by atoms with van der Waals surface area (Å²) in [7, 11) is 2.08. The molecular formula is C17H23ClN4S. The van der Waals surface area contributed by atoms with E-state index in [0.717, 1.165) is 44.0 Å². The molecule has 0 aliphatic rings. The van der Waals surface area contributed by atoms with Crippen molar-refractivity contribution >= 4 is 28.9 Å². The second-order valence-corrected chi connectivity index (χ2v) is 6.65. The highest BCUT2D eigenvalue weighted by Gasteiger charge is 2.06. The van der Waals surface area contributed by atoms with Crippen molar-refractivity contribution in [2.75, 3.05) is 26.7 Å². The lowest BCUT2D eigenvalue weighted by Crippen LogP contribution is -2.40. The summed E-state index contributed by atoms with van der Waals surface area (Å²) in [6, 6.07) is 8.09. The van der Waals surface area contributed by atoms with Gasteiger partial charge < -0.3 is 10.2 Å². The van der Waals surface area contributed by atoms with E-state index in [1.165, 1.54) is 4.88 Å². The molecule has 1 N–H and O–H groups in total. The molecule has 6 heteroatoms. The van der Waals surface area contributed by atoms with Crippen LogP contribution in [0.5, 0.6) is 0 Å². The lowest BCUT2D eigenvalue weighted by atomic mass is 10.2. The molecule has 2 heterocycles. The van der Waals surface area contributed by atoms with Gasteiger partial charge in [-0.05, 0) is 42.8 Å². The number of hydrogen-bond donors (Lipinski definition) is 1. The van der Waals surface area contributed by atoms with Crippen LogP contribution >= 0.6 is 22.9 Å². The summed E-state index contributed by atoms with van der Waals surface area (Å²) < 4.78 is 0. The molecule has 2 aromatic rings. The average Bonchev–Trinajstić information content (AvgIpc) is 3.07. The summed E-state index contributed by atoms with van der Waals surface area (Å²) in [6.07, 6.45) is 3.71. The van der Waals surface area contributed by atoms with Gasteiger partial charge in [0.15, 0.2) is 5.96 Å². The molecule has 2 aromatic heterocycles. The molecule has 0 radical (unpaired) electrons. The smallest absolute Gasteiger partial charge is 0.193 e. The third kappa shape index (κ3) is 6.20. The van der Waals surface area contributed by atoms with Gasteiger partial charge in [-0.2, -0.15) is 0 Å². The lowest BCUT2D eigenvalue weighted by molar-refractivity contribution is 0.487. The molecule has 4 nitrogen and oxygen atoms in total. The molecule has 0 aliphatic heterocycles. The van der Waals surface area contributed by atoms with Crippen molar-refractivity contribution in [3.05, 3.63) is 51.4 Å². The summed E-state index contributed by atoms with van der Waals surface area (Å²) in [4.78, 5) is 12.4. The number of aliphatic imine (C=N–C) groups is 1. The molecule has 0 spiro atoms. The molecule has 0 aliphatic carbocycles. The van der Waals surface area contributed by atoms with Gasteiger partial charge in [0.25, 0.3) is 0 Å². The van der Waals surface area contributed by atoms with Crippen LogP contribution in [0.4, 0.5) is 0 Å². The average molecular weight is 351 g/mol. The number of aromatic nitrogens is 1. The number of thiophene rings is 1. The van der Waals surface area contributed by atoms with Crippen LogP contribution in [-0.4, -0.2) is 42.5 Å². The highest BCUT2D eigenvalue weighted by Crippen LogP contribution is 2.09. The number of nitrogens with zero attached hydrogens (tertiary/aromatic N) is 3. The molecule has 124 valence electrons. The zero-order chi connectivity index (χ0) is 16.5. The maximum Gasteiger partial charge on any atom is 0.193 e. The van der Waals surface area contributed by atoms with Crippen LogP contribution in [0.15, 0.2) is 40.8 Å². The van der Waals surface area contributed by atoms with Crippen molar-refractivity contribution < 1.29 is 0 Å². The summed E-state index contributed by atoms with van der Waals surface area (Å²) in [6.45, 7) is 4.64. The molecule has 0 bridgehead atoms. The molecule has 0 saturated heterocycles. The van der Waals surface area contributed by atoms with E-state index in [9.17, 15) is 0 Å². The molecule has 23 heavy (non-hydrogen) atoms. The molecule has 0 saturated carbocycles. The Labute approximate surface area is 147 Å². The van der Waals surface area contributed by atoms with Crippen LogP contribution in [-0.2, 0) is 12.8 Å². The van der Waals surface area contributed by atoms with Gasteiger partial charge in [0.1, 0.15) is 5.15 Å². The van der Waals surface area contributed by atoms with Crippen molar-refractivity contribution in [1.82, 2.24) is 15.2 Å². The maximum atomic E-state index is 5.80. The number of nitrogens with one attached hydrogen (secondary N) is 1. The van der Waals surface area contributed by atoms with E-state index in [4.69, 9.17) is 16.6 Å². The van der Waals surface area contributed by atoms with Gasteiger partial charge >= 0.3 is 0 Å². The van der Waals surface area contributed by atoms with Crippen LogP contribution in [0.3, 0.4) is 0 Å². The van der Waals surface area contributed by atoms with Gasteiger partial charge in [0, 0.05) is 37.8 Å². The lowest BCUT2D eigenvalue weighted by Gasteiger charge is -2.21. The Balaban J connectivity index is 1.86. The molecular weight excluding hydrogens is 328 g/mol. The number of rotatable bonds is 7. The fourth-order valence-corrected chi connectivity index (χ4v) is 2.96. The van der Waals surface area contributed by atoms with Crippen LogP contribution in [0.1, 0.15) is 17.4 Å². The van der Waals surface area contributed by atoms with E-state index in [0.29, 0.717) is 5.15 Å². The standard InChI is InChI=1S/C17H23ClN4S/c1-3-19-17(22(2)11-9-15-5-4-12-23-15)20-10-8-14-6-7-16(18)21-13-14/h4-7,12-13H,3,8-11H2,1-2H3,(H,19,20). The highest BCUT2D eigenvalue weighted by atomic mass is 35.5. The summed E-state index contributed by atoms with van der Waals surface area (Å²) in [5.74, 6) is 0.950. The number of halogens is 1. The quantitative estimate of drug-likeness (QED) is 0.472. The minimum absolute atomic E-state index is 0.527. The van der Waals surface area contributed by atoms with Gasteiger partial charge in [-0.15, -0.1) is 11.3 Å². The first kappa shape index (κ1) is 17.8. The summed E-state index contributed by atoms with van der Waals surface area (Å²) in [5, 5.41) is 6.00. The zero-order valence-corrected chi connectivity index (χ0v) is 15.2. The fraction of sp³-hybridized carbons (Fsp3) is 0.412. The van der Waals surface area contributed by atoms with E-state index in [2.05, 4.69) is 46.7 Å². The Kier molecular flexibility index (Phi) is 7.36. The number of guanidine groups is 1. The van der Waals surface area contributed by atoms with Crippen LogP contribution in [0.25, 0.3) is 0 Å². The van der Waals surface area contributed by atoms with Gasteiger partial charge in [0.2, 0.25) is 0 Å². The molecule has 0 amide bonds. The first-order chi connectivity index (χ1) is 11.2. The van der Waals surface area contributed by atoms with E-state index < -0.39 is 0 Å². The fourth-order valence-electron chi connectivity index (χ4n) is 2.15.